The van der Waals surface area contributed by atoms with Crippen LogP contribution in [0.15, 0.2) is 24.4 Å². The molecule has 0 aliphatic rings. The van der Waals surface area contributed by atoms with Crippen molar-refractivity contribution in [2.24, 2.45) is 5.92 Å². The highest BCUT2D eigenvalue weighted by atomic mass is 19.1. The van der Waals surface area contributed by atoms with Gasteiger partial charge >= 0.3 is 6.09 Å². The Hall–Kier alpha value is -2.77. The van der Waals surface area contributed by atoms with E-state index in [9.17, 15) is 13.6 Å². The minimum Gasteiger partial charge on any atom is -0.488 e. The van der Waals surface area contributed by atoms with Crippen LogP contribution in [0, 0.1) is 24.5 Å². The Bertz CT molecular complexity index is 929. The summed E-state index contributed by atoms with van der Waals surface area (Å²) in [6.07, 6.45) is 1.44. The third kappa shape index (κ3) is 7.45. The Morgan fingerprint density at radius 1 is 1.16 bits per heavy atom. The van der Waals surface area contributed by atoms with E-state index in [-0.39, 0.29) is 29.5 Å². The maximum atomic E-state index is 14.7. The van der Waals surface area contributed by atoms with E-state index in [2.05, 4.69) is 15.3 Å². The molecule has 0 spiro atoms. The van der Waals surface area contributed by atoms with E-state index in [4.69, 9.17) is 9.47 Å². The number of aromatic nitrogens is 2. The minimum absolute atomic E-state index is 0.0205. The van der Waals surface area contributed by atoms with Gasteiger partial charge in [0.2, 0.25) is 0 Å². The number of nitrogens with one attached hydrogen (secondary N) is 1. The van der Waals surface area contributed by atoms with Crippen molar-refractivity contribution >= 4 is 6.09 Å². The number of halogens is 2. The first-order valence-corrected chi connectivity index (χ1v) is 10.2. The molecule has 0 aliphatic carbocycles. The van der Waals surface area contributed by atoms with Gasteiger partial charge < -0.3 is 14.8 Å². The van der Waals surface area contributed by atoms with E-state index in [1.807, 2.05) is 13.8 Å². The van der Waals surface area contributed by atoms with Crippen molar-refractivity contribution in [3.8, 4) is 17.0 Å². The standard InChI is InChI=1S/C23H31F2N3O3/c1-14(2)12-23(7,28-21(29)31-22(4,5)6)13-30-20-11-17(24)16(10-18(20)25)19-8-9-26-15(3)27-19/h8-11,14H,12-13H2,1-7H3,(H,28,29). The van der Waals surface area contributed by atoms with E-state index in [0.29, 0.717) is 12.2 Å². The maximum Gasteiger partial charge on any atom is 0.408 e. The predicted molar refractivity (Wildman–Crippen MR) is 115 cm³/mol. The Balaban J connectivity index is 2.21. The van der Waals surface area contributed by atoms with Gasteiger partial charge in [0.15, 0.2) is 11.6 Å². The fourth-order valence-corrected chi connectivity index (χ4v) is 3.28. The molecule has 1 amide bonds. The molecule has 2 aromatic rings. The van der Waals surface area contributed by atoms with E-state index in [1.165, 1.54) is 12.3 Å². The summed E-state index contributed by atoms with van der Waals surface area (Å²) in [5.74, 6) is -0.964. The van der Waals surface area contributed by atoms with E-state index in [1.54, 1.807) is 34.6 Å². The number of ether oxygens (including phenoxy) is 2. The molecule has 170 valence electrons. The lowest BCUT2D eigenvalue weighted by Crippen LogP contribution is -2.52. The van der Waals surface area contributed by atoms with Crippen LogP contribution in [0.4, 0.5) is 13.6 Å². The van der Waals surface area contributed by atoms with Gasteiger partial charge in [-0.15, -0.1) is 0 Å². The van der Waals surface area contributed by atoms with Crippen LogP contribution in [-0.4, -0.2) is 33.8 Å². The third-order valence-electron chi connectivity index (χ3n) is 4.28. The summed E-state index contributed by atoms with van der Waals surface area (Å²) in [7, 11) is 0. The van der Waals surface area contributed by atoms with Crippen LogP contribution in [0.1, 0.15) is 53.8 Å². The maximum absolute atomic E-state index is 14.7. The average molecular weight is 436 g/mol. The van der Waals surface area contributed by atoms with Crippen molar-refractivity contribution in [3.05, 3.63) is 41.9 Å². The van der Waals surface area contributed by atoms with Crippen LogP contribution in [0.25, 0.3) is 11.3 Å². The predicted octanol–water partition coefficient (Wildman–Crippen LogP) is 5.44. The van der Waals surface area contributed by atoms with Crippen molar-refractivity contribution < 1.29 is 23.0 Å². The molecule has 0 saturated carbocycles. The fourth-order valence-electron chi connectivity index (χ4n) is 3.28. The third-order valence-corrected chi connectivity index (χ3v) is 4.28. The van der Waals surface area contributed by atoms with Crippen LogP contribution in [0.2, 0.25) is 0 Å². The number of benzene rings is 1. The zero-order valence-electron chi connectivity index (χ0n) is 19.2. The monoisotopic (exact) mass is 435 g/mol. The highest BCUT2D eigenvalue weighted by Gasteiger charge is 2.31. The minimum atomic E-state index is -0.845. The van der Waals surface area contributed by atoms with Gasteiger partial charge in [0, 0.05) is 17.8 Å². The molecular weight excluding hydrogens is 404 g/mol. The Morgan fingerprint density at radius 3 is 2.42 bits per heavy atom. The normalized spacial score (nSPS) is 13.6. The van der Waals surface area contributed by atoms with Gasteiger partial charge in [-0.05, 0) is 59.1 Å². The summed E-state index contributed by atoms with van der Waals surface area (Å²) in [5.41, 5.74) is -1.20. The van der Waals surface area contributed by atoms with Crippen LogP contribution in [0.3, 0.4) is 0 Å². The molecule has 1 aromatic heterocycles. The summed E-state index contributed by atoms with van der Waals surface area (Å²) in [6.45, 7) is 12.7. The van der Waals surface area contributed by atoms with Crippen molar-refractivity contribution in [1.82, 2.24) is 15.3 Å². The first-order chi connectivity index (χ1) is 14.3. The average Bonchev–Trinajstić information content (AvgIpc) is 2.59. The Labute approximate surface area is 182 Å². The molecule has 1 atom stereocenters. The van der Waals surface area contributed by atoms with Gasteiger partial charge in [-0.25, -0.2) is 23.5 Å². The lowest BCUT2D eigenvalue weighted by atomic mass is 9.91. The van der Waals surface area contributed by atoms with E-state index in [0.717, 1.165) is 12.1 Å². The van der Waals surface area contributed by atoms with Crippen molar-refractivity contribution in [2.45, 2.75) is 66.0 Å². The lowest BCUT2D eigenvalue weighted by Gasteiger charge is -2.33. The number of carbonyl (C=O) groups excluding carboxylic acids is 1. The largest absolute Gasteiger partial charge is 0.488 e. The number of carbonyl (C=O) groups is 1. The first-order valence-electron chi connectivity index (χ1n) is 10.2. The number of hydrogen-bond acceptors (Lipinski definition) is 5. The molecule has 8 heteroatoms. The van der Waals surface area contributed by atoms with Crippen molar-refractivity contribution in [2.75, 3.05) is 6.61 Å². The van der Waals surface area contributed by atoms with Crippen LogP contribution >= 0.6 is 0 Å². The lowest BCUT2D eigenvalue weighted by molar-refractivity contribution is 0.0406. The molecule has 0 fully saturated rings. The number of nitrogens with zero attached hydrogens (tertiary/aromatic N) is 2. The molecule has 1 aromatic carbocycles. The van der Waals surface area contributed by atoms with Crippen molar-refractivity contribution in [3.63, 3.8) is 0 Å². The van der Waals surface area contributed by atoms with Crippen molar-refractivity contribution in [1.29, 1.82) is 0 Å². The topological polar surface area (TPSA) is 73.3 Å². The second-order valence-corrected chi connectivity index (χ2v) is 9.33. The molecule has 0 radical (unpaired) electrons. The molecule has 2 rings (SSSR count). The van der Waals surface area contributed by atoms with E-state index >= 15 is 0 Å². The summed E-state index contributed by atoms with van der Waals surface area (Å²) in [5, 5.41) is 2.81. The summed E-state index contributed by atoms with van der Waals surface area (Å²) in [6, 6.07) is 3.55. The molecule has 6 nitrogen and oxygen atoms in total. The van der Waals surface area contributed by atoms with Gasteiger partial charge in [-0.2, -0.15) is 0 Å². The molecule has 1 heterocycles. The number of aryl methyl sites for hydroxylation is 1. The fraction of sp³-hybridized carbons (Fsp3) is 0.522. The summed E-state index contributed by atoms with van der Waals surface area (Å²) < 4.78 is 40.3. The van der Waals surface area contributed by atoms with Crippen LogP contribution in [-0.2, 0) is 4.74 Å². The molecule has 31 heavy (non-hydrogen) atoms. The molecule has 0 bridgehead atoms. The molecule has 1 N–H and O–H groups in total. The zero-order valence-corrected chi connectivity index (χ0v) is 19.2. The first kappa shape index (κ1) is 24.5. The number of hydrogen-bond donors (Lipinski definition) is 1. The molecule has 0 saturated heterocycles. The SMILES string of the molecule is Cc1nccc(-c2cc(F)c(OCC(C)(CC(C)C)NC(=O)OC(C)(C)C)cc2F)n1. The summed E-state index contributed by atoms with van der Waals surface area (Å²) in [4.78, 5) is 20.4. The van der Waals surface area contributed by atoms with Gasteiger partial charge in [-0.3, -0.25) is 0 Å². The molecular formula is C23H31F2N3O3. The van der Waals surface area contributed by atoms with Gasteiger partial charge in [0.05, 0.1) is 11.2 Å². The highest BCUT2D eigenvalue weighted by molar-refractivity contribution is 5.68. The van der Waals surface area contributed by atoms with Gasteiger partial charge in [0.1, 0.15) is 23.8 Å². The van der Waals surface area contributed by atoms with Crippen LogP contribution < -0.4 is 10.1 Å². The van der Waals surface area contributed by atoms with E-state index < -0.39 is 28.9 Å². The smallest absolute Gasteiger partial charge is 0.408 e. The number of amides is 1. The number of rotatable bonds is 7. The van der Waals surface area contributed by atoms with Crippen LogP contribution in [0.5, 0.6) is 5.75 Å². The zero-order chi connectivity index (χ0) is 23.4. The number of alkyl carbamates (subject to hydrolysis) is 1. The summed E-state index contributed by atoms with van der Waals surface area (Å²) >= 11 is 0. The molecule has 0 aliphatic heterocycles. The highest BCUT2D eigenvalue weighted by Crippen LogP contribution is 2.29. The molecule has 1 unspecified atom stereocenters. The van der Waals surface area contributed by atoms with Gasteiger partial charge in [-0.1, -0.05) is 13.8 Å². The van der Waals surface area contributed by atoms with Gasteiger partial charge in [0.25, 0.3) is 0 Å². The quantitative estimate of drug-likeness (QED) is 0.627. The Kier molecular flexibility index (Phi) is 7.57. The second kappa shape index (κ2) is 9.58. The Morgan fingerprint density at radius 2 is 1.84 bits per heavy atom. The second-order valence-electron chi connectivity index (χ2n) is 9.33.